The summed E-state index contributed by atoms with van der Waals surface area (Å²) in [5.41, 5.74) is 2.05. The van der Waals surface area contributed by atoms with Gasteiger partial charge in [0.1, 0.15) is 0 Å². The first-order valence-electron chi connectivity index (χ1n) is 6.30. The third-order valence-corrected chi connectivity index (χ3v) is 4.35. The summed E-state index contributed by atoms with van der Waals surface area (Å²) in [6.07, 6.45) is 0. The molecule has 0 radical (unpaired) electrons. The molecule has 1 aromatic rings. The lowest BCUT2D eigenvalue weighted by Crippen LogP contribution is -2.46. The van der Waals surface area contributed by atoms with Gasteiger partial charge in [-0.1, -0.05) is 27.5 Å². The van der Waals surface area contributed by atoms with Gasteiger partial charge in [0.05, 0.1) is 16.4 Å². The van der Waals surface area contributed by atoms with Crippen LogP contribution in [0.3, 0.4) is 0 Å². The van der Waals surface area contributed by atoms with Crippen molar-refractivity contribution in [3.05, 3.63) is 16.4 Å². The molecule has 0 amide bonds. The fraction of sp³-hybridized carbons (Fsp3) is 0.750. The van der Waals surface area contributed by atoms with Gasteiger partial charge in [-0.15, -0.1) is 0 Å². The monoisotopic (exact) mass is 334 g/mol. The standard InChI is InChI=1S/C12H20BrClN4/c1-10-12(14)11(16(2)15-10)9-18-7-5-17(4-3-13)6-8-18/h3-9H2,1-2H3. The number of aryl methyl sites for hydroxylation is 2. The van der Waals surface area contributed by atoms with Crippen LogP contribution in [0.25, 0.3) is 0 Å². The molecule has 1 aliphatic heterocycles. The van der Waals surface area contributed by atoms with E-state index in [1.807, 2.05) is 18.7 Å². The number of nitrogens with zero attached hydrogens (tertiary/aromatic N) is 4. The number of halogens is 2. The third-order valence-electron chi connectivity index (χ3n) is 3.50. The topological polar surface area (TPSA) is 24.3 Å². The van der Waals surface area contributed by atoms with Gasteiger partial charge in [0.25, 0.3) is 0 Å². The quantitative estimate of drug-likeness (QED) is 0.786. The average molecular weight is 336 g/mol. The first-order chi connectivity index (χ1) is 8.61. The molecule has 0 N–H and O–H groups in total. The van der Waals surface area contributed by atoms with Crippen LogP contribution in [0.5, 0.6) is 0 Å². The van der Waals surface area contributed by atoms with Gasteiger partial charge in [-0.2, -0.15) is 5.10 Å². The Morgan fingerprint density at radius 2 is 1.83 bits per heavy atom. The molecule has 1 saturated heterocycles. The van der Waals surface area contributed by atoms with Gasteiger partial charge in [0, 0.05) is 51.6 Å². The molecule has 102 valence electrons. The van der Waals surface area contributed by atoms with Crippen LogP contribution >= 0.6 is 27.5 Å². The second-order valence-electron chi connectivity index (χ2n) is 4.78. The number of hydrogen-bond donors (Lipinski definition) is 0. The maximum atomic E-state index is 6.29. The molecule has 4 nitrogen and oxygen atoms in total. The van der Waals surface area contributed by atoms with E-state index < -0.39 is 0 Å². The molecule has 1 fully saturated rings. The first-order valence-corrected chi connectivity index (χ1v) is 7.80. The molecule has 0 unspecified atom stereocenters. The van der Waals surface area contributed by atoms with Crippen LogP contribution in [-0.4, -0.2) is 57.6 Å². The van der Waals surface area contributed by atoms with E-state index in [9.17, 15) is 0 Å². The summed E-state index contributed by atoms with van der Waals surface area (Å²) < 4.78 is 1.91. The van der Waals surface area contributed by atoms with E-state index >= 15 is 0 Å². The van der Waals surface area contributed by atoms with E-state index in [0.717, 1.165) is 61.0 Å². The fourth-order valence-corrected chi connectivity index (χ4v) is 3.08. The Balaban J connectivity index is 1.91. The minimum atomic E-state index is 0.820. The fourth-order valence-electron chi connectivity index (χ4n) is 2.35. The zero-order valence-electron chi connectivity index (χ0n) is 11.0. The molecule has 2 rings (SSSR count). The molecule has 0 atom stereocenters. The molecular weight excluding hydrogens is 316 g/mol. The molecule has 6 heteroatoms. The van der Waals surface area contributed by atoms with E-state index in [4.69, 9.17) is 11.6 Å². The van der Waals surface area contributed by atoms with Crippen molar-refractivity contribution < 1.29 is 0 Å². The van der Waals surface area contributed by atoms with Crippen molar-refractivity contribution in [3.8, 4) is 0 Å². The average Bonchev–Trinajstić information content (AvgIpc) is 2.59. The molecule has 18 heavy (non-hydrogen) atoms. The summed E-state index contributed by atoms with van der Waals surface area (Å²) in [5, 5.41) is 6.24. The molecule has 0 saturated carbocycles. The predicted molar refractivity (Wildman–Crippen MR) is 78.5 cm³/mol. The van der Waals surface area contributed by atoms with Crippen LogP contribution in [0.1, 0.15) is 11.4 Å². The largest absolute Gasteiger partial charge is 0.300 e. The summed E-state index contributed by atoms with van der Waals surface area (Å²) in [5.74, 6) is 0. The third kappa shape index (κ3) is 3.26. The van der Waals surface area contributed by atoms with Crippen LogP contribution in [0.4, 0.5) is 0 Å². The van der Waals surface area contributed by atoms with Crippen LogP contribution in [0.2, 0.25) is 5.02 Å². The highest BCUT2D eigenvalue weighted by molar-refractivity contribution is 9.09. The second kappa shape index (κ2) is 6.37. The maximum absolute atomic E-state index is 6.29. The van der Waals surface area contributed by atoms with Crippen molar-refractivity contribution in [2.24, 2.45) is 7.05 Å². The van der Waals surface area contributed by atoms with Crippen molar-refractivity contribution in [2.75, 3.05) is 38.1 Å². The van der Waals surface area contributed by atoms with Gasteiger partial charge in [-0.3, -0.25) is 14.5 Å². The summed E-state index contributed by atoms with van der Waals surface area (Å²) in [7, 11) is 1.97. The number of piperazine rings is 1. The van der Waals surface area contributed by atoms with Crippen LogP contribution in [-0.2, 0) is 13.6 Å². The Morgan fingerprint density at radius 3 is 2.33 bits per heavy atom. The molecule has 2 heterocycles. The van der Waals surface area contributed by atoms with Gasteiger partial charge in [-0.25, -0.2) is 0 Å². The molecule has 0 aliphatic carbocycles. The number of alkyl halides is 1. The van der Waals surface area contributed by atoms with Gasteiger partial charge >= 0.3 is 0 Å². The van der Waals surface area contributed by atoms with Crippen molar-refractivity contribution in [3.63, 3.8) is 0 Å². The highest BCUT2D eigenvalue weighted by atomic mass is 79.9. The van der Waals surface area contributed by atoms with E-state index in [2.05, 4.69) is 30.8 Å². The predicted octanol–water partition coefficient (Wildman–Crippen LogP) is 1.89. The van der Waals surface area contributed by atoms with Gasteiger partial charge < -0.3 is 0 Å². The van der Waals surface area contributed by atoms with Gasteiger partial charge in [0.2, 0.25) is 0 Å². The zero-order valence-corrected chi connectivity index (χ0v) is 13.3. The van der Waals surface area contributed by atoms with Crippen molar-refractivity contribution in [1.82, 2.24) is 19.6 Å². The minimum Gasteiger partial charge on any atom is -0.300 e. The summed E-state index contributed by atoms with van der Waals surface area (Å²) in [4.78, 5) is 4.94. The van der Waals surface area contributed by atoms with Crippen molar-refractivity contribution in [1.29, 1.82) is 0 Å². The lowest BCUT2D eigenvalue weighted by Gasteiger charge is -2.34. The molecule has 1 aliphatic rings. The summed E-state index contributed by atoms with van der Waals surface area (Å²) in [6, 6.07) is 0. The molecule has 0 aromatic carbocycles. The number of aromatic nitrogens is 2. The Bertz CT molecular complexity index is 399. The van der Waals surface area contributed by atoms with Crippen LogP contribution < -0.4 is 0 Å². The van der Waals surface area contributed by atoms with Crippen molar-refractivity contribution >= 4 is 27.5 Å². The number of rotatable bonds is 4. The maximum Gasteiger partial charge on any atom is 0.0860 e. The second-order valence-corrected chi connectivity index (χ2v) is 5.95. The summed E-state index contributed by atoms with van der Waals surface area (Å²) in [6.45, 7) is 8.48. The highest BCUT2D eigenvalue weighted by Gasteiger charge is 2.19. The van der Waals surface area contributed by atoms with Crippen LogP contribution in [0.15, 0.2) is 0 Å². The van der Waals surface area contributed by atoms with E-state index in [1.165, 1.54) is 0 Å². The Hall–Kier alpha value is -0.100. The molecule has 1 aromatic heterocycles. The molecule has 0 spiro atoms. The van der Waals surface area contributed by atoms with Crippen LogP contribution in [0, 0.1) is 6.92 Å². The van der Waals surface area contributed by atoms with E-state index in [1.54, 1.807) is 0 Å². The van der Waals surface area contributed by atoms with Crippen molar-refractivity contribution in [2.45, 2.75) is 13.5 Å². The lowest BCUT2D eigenvalue weighted by molar-refractivity contribution is 0.131. The minimum absolute atomic E-state index is 0.820. The smallest absolute Gasteiger partial charge is 0.0860 e. The first kappa shape index (κ1) is 14.3. The lowest BCUT2D eigenvalue weighted by atomic mass is 10.2. The molecular formula is C12H20BrClN4. The normalized spacial score (nSPS) is 18.4. The Labute approximate surface area is 122 Å². The SMILES string of the molecule is Cc1nn(C)c(CN2CCN(CCBr)CC2)c1Cl. The Morgan fingerprint density at radius 1 is 1.22 bits per heavy atom. The number of hydrogen-bond acceptors (Lipinski definition) is 3. The van der Waals surface area contributed by atoms with E-state index in [-0.39, 0.29) is 0 Å². The van der Waals surface area contributed by atoms with E-state index in [0.29, 0.717) is 0 Å². The highest BCUT2D eigenvalue weighted by Crippen LogP contribution is 2.21. The molecule has 0 bridgehead atoms. The zero-order chi connectivity index (χ0) is 13.1. The summed E-state index contributed by atoms with van der Waals surface area (Å²) >= 11 is 9.78. The van der Waals surface area contributed by atoms with Gasteiger partial charge in [0.15, 0.2) is 0 Å². The Kier molecular flexibility index (Phi) is 5.06. The van der Waals surface area contributed by atoms with Gasteiger partial charge in [-0.05, 0) is 6.92 Å².